The summed E-state index contributed by atoms with van der Waals surface area (Å²) in [5.74, 6) is 0.871. The molecule has 1 aromatic carbocycles. The van der Waals surface area contributed by atoms with Gasteiger partial charge in [0.2, 0.25) is 0 Å². The fourth-order valence-corrected chi connectivity index (χ4v) is 2.51. The lowest BCUT2D eigenvalue weighted by Crippen LogP contribution is -2.22. The molecule has 0 bridgehead atoms. The molecule has 6 heteroatoms. The maximum absolute atomic E-state index is 5.95. The van der Waals surface area contributed by atoms with E-state index >= 15 is 0 Å². The molecule has 0 saturated heterocycles. The van der Waals surface area contributed by atoms with E-state index in [4.69, 9.17) is 11.6 Å². The first-order chi connectivity index (χ1) is 10.1. The van der Waals surface area contributed by atoms with E-state index in [0.717, 1.165) is 21.9 Å². The van der Waals surface area contributed by atoms with E-state index in [0.29, 0.717) is 0 Å². The number of hydrogen-bond acceptors (Lipinski definition) is 4. The van der Waals surface area contributed by atoms with Gasteiger partial charge >= 0.3 is 0 Å². The van der Waals surface area contributed by atoms with E-state index in [1.165, 1.54) is 5.56 Å². The molecule has 1 atom stereocenters. The molecule has 0 radical (unpaired) electrons. The number of aryl methyl sites for hydroxylation is 1. The Kier molecular flexibility index (Phi) is 3.51. The second-order valence-electron chi connectivity index (χ2n) is 5.04. The van der Waals surface area contributed by atoms with Crippen LogP contribution in [0.3, 0.4) is 0 Å². The van der Waals surface area contributed by atoms with Gasteiger partial charge in [0.05, 0.1) is 17.6 Å². The molecule has 0 fully saturated rings. The lowest BCUT2D eigenvalue weighted by Gasteiger charge is -2.26. The maximum atomic E-state index is 5.95. The molecule has 0 amide bonds. The third-order valence-electron chi connectivity index (χ3n) is 3.78. The number of hydrogen-bond donors (Lipinski definition) is 0. The summed E-state index contributed by atoms with van der Waals surface area (Å²) in [6.07, 6.45) is 3.38. The summed E-state index contributed by atoms with van der Waals surface area (Å²) < 4.78 is 1.75. The average Bonchev–Trinajstić information content (AvgIpc) is 2.88. The smallest absolute Gasteiger partial charge is 0.163 e. The number of rotatable bonds is 3. The Morgan fingerprint density at radius 3 is 2.62 bits per heavy atom. The van der Waals surface area contributed by atoms with Crippen LogP contribution in [0.4, 0.5) is 5.82 Å². The highest BCUT2D eigenvalue weighted by Gasteiger charge is 2.17. The van der Waals surface area contributed by atoms with Crippen LogP contribution >= 0.6 is 11.6 Å². The van der Waals surface area contributed by atoms with Crippen molar-refractivity contribution in [2.24, 2.45) is 7.05 Å². The molecule has 2 heterocycles. The molecule has 0 spiro atoms. The van der Waals surface area contributed by atoms with Crippen LogP contribution in [0.15, 0.2) is 36.8 Å². The third-order valence-corrected chi connectivity index (χ3v) is 4.03. The minimum Gasteiger partial charge on any atom is -0.352 e. The highest BCUT2D eigenvalue weighted by molar-refractivity contribution is 6.30. The topological polar surface area (TPSA) is 46.8 Å². The molecule has 0 aliphatic rings. The van der Waals surface area contributed by atoms with Crippen molar-refractivity contribution in [2.45, 2.75) is 13.0 Å². The van der Waals surface area contributed by atoms with Gasteiger partial charge in [0, 0.05) is 19.1 Å². The number of halogens is 1. The zero-order valence-corrected chi connectivity index (χ0v) is 12.9. The quantitative estimate of drug-likeness (QED) is 0.745. The molecule has 2 aromatic heterocycles. The number of anilines is 1. The van der Waals surface area contributed by atoms with Crippen molar-refractivity contribution in [3.8, 4) is 0 Å². The van der Waals surface area contributed by atoms with E-state index < -0.39 is 0 Å². The van der Waals surface area contributed by atoms with Crippen molar-refractivity contribution in [1.82, 2.24) is 19.7 Å². The summed E-state index contributed by atoms with van der Waals surface area (Å²) in [6, 6.07) is 8.04. The normalized spacial score (nSPS) is 12.6. The summed E-state index contributed by atoms with van der Waals surface area (Å²) in [4.78, 5) is 10.8. The van der Waals surface area contributed by atoms with Crippen LogP contribution in [0.2, 0.25) is 5.02 Å². The molecule has 5 nitrogen and oxygen atoms in total. The second kappa shape index (κ2) is 5.33. The van der Waals surface area contributed by atoms with E-state index in [1.807, 2.05) is 38.4 Å². The van der Waals surface area contributed by atoms with Crippen LogP contribution in [0.1, 0.15) is 18.5 Å². The zero-order valence-electron chi connectivity index (χ0n) is 12.2. The molecule has 0 saturated carbocycles. The van der Waals surface area contributed by atoms with E-state index in [1.54, 1.807) is 17.2 Å². The summed E-state index contributed by atoms with van der Waals surface area (Å²) in [6.45, 7) is 2.13. The molecule has 3 aromatic rings. The van der Waals surface area contributed by atoms with Crippen LogP contribution in [0.25, 0.3) is 11.0 Å². The zero-order chi connectivity index (χ0) is 15.0. The average molecular weight is 302 g/mol. The predicted molar refractivity (Wildman–Crippen MR) is 84.6 cm³/mol. The molecule has 0 aliphatic carbocycles. The first kappa shape index (κ1) is 13.8. The minimum atomic E-state index is 0.167. The highest BCUT2D eigenvalue weighted by Crippen LogP contribution is 2.29. The maximum Gasteiger partial charge on any atom is 0.163 e. The Hall–Kier alpha value is -2.14. The summed E-state index contributed by atoms with van der Waals surface area (Å²) >= 11 is 5.95. The number of nitrogens with zero attached hydrogens (tertiary/aromatic N) is 5. The SMILES string of the molecule is CC(c1ccc(Cl)cc1)N(C)c1ncnc2c1cnn2C. The third kappa shape index (κ3) is 2.45. The molecular weight excluding hydrogens is 286 g/mol. The molecule has 0 N–H and O–H groups in total. The summed E-state index contributed by atoms with van der Waals surface area (Å²) in [7, 11) is 3.90. The summed E-state index contributed by atoms with van der Waals surface area (Å²) in [5.41, 5.74) is 2.01. The Labute approximate surface area is 128 Å². The Balaban J connectivity index is 2.00. The standard InChI is InChI=1S/C15H16ClN5/c1-10(11-4-6-12(16)7-5-11)20(2)14-13-8-19-21(3)15(13)18-9-17-14/h4-10H,1-3H3. The van der Waals surface area contributed by atoms with Crippen molar-refractivity contribution in [3.63, 3.8) is 0 Å². The van der Waals surface area contributed by atoms with Gasteiger partial charge in [0.25, 0.3) is 0 Å². The molecule has 0 aliphatic heterocycles. The van der Waals surface area contributed by atoms with Crippen molar-refractivity contribution in [3.05, 3.63) is 47.4 Å². The first-order valence-electron chi connectivity index (χ1n) is 6.69. The number of aromatic nitrogens is 4. The molecular formula is C15H16ClN5. The van der Waals surface area contributed by atoms with Gasteiger partial charge in [-0.1, -0.05) is 23.7 Å². The van der Waals surface area contributed by atoms with E-state index in [9.17, 15) is 0 Å². The van der Waals surface area contributed by atoms with Crippen LogP contribution in [-0.2, 0) is 7.05 Å². The van der Waals surface area contributed by atoms with Gasteiger partial charge in [-0.2, -0.15) is 5.10 Å². The highest BCUT2D eigenvalue weighted by atomic mass is 35.5. The van der Waals surface area contributed by atoms with Crippen LogP contribution in [0.5, 0.6) is 0 Å². The van der Waals surface area contributed by atoms with Crippen LogP contribution < -0.4 is 4.90 Å². The number of benzene rings is 1. The van der Waals surface area contributed by atoms with Crippen molar-refractivity contribution in [1.29, 1.82) is 0 Å². The Morgan fingerprint density at radius 1 is 1.19 bits per heavy atom. The van der Waals surface area contributed by atoms with Gasteiger partial charge in [-0.05, 0) is 24.6 Å². The van der Waals surface area contributed by atoms with Gasteiger partial charge < -0.3 is 4.90 Å². The van der Waals surface area contributed by atoms with Gasteiger partial charge in [-0.25, -0.2) is 9.97 Å². The molecule has 3 rings (SSSR count). The second-order valence-corrected chi connectivity index (χ2v) is 5.48. The lowest BCUT2D eigenvalue weighted by atomic mass is 10.1. The van der Waals surface area contributed by atoms with Gasteiger partial charge in [0.15, 0.2) is 5.65 Å². The van der Waals surface area contributed by atoms with Gasteiger partial charge in [-0.15, -0.1) is 0 Å². The largest absolute Gasteiger partial charge is 0.352 e. The molecule has 1 unspecified atom stereocenters. The lowest BCUT2D eigenvalue weighted by molar-refractivity contribution is 0.730. The molecule has 108 valence electrons. The van der Waals surface area contributed by atoms with Crippen molar-refractivity contribution < 1.29 is 0 Å². The van der Waals surface area contributed by atoms with Crippen molar-refractivity contribution in [2.75, 3.05) is 11.9 Å². The fraction of sp³-hybridized carbons (Fsp3) is 0.267. The van der Waals surface area contributed by atoms with E-state index in [2.05, 4.69) is 26.9 Å². The van der Waals surface area contributed by atoms with Gasteiger partial charge in [0.1, 0.15) is 12.1 Å². The van der Waals surface area contributed by atoms with Crippen molar-refractivity contribution >= 4 is 28.5 Å². The predicted octanol–water partition coefficient (Wildman–Crippen LogP) is 3.21. The number of fused-ring (bicyclic) bond motifs is 1. The minimum absolute atomic E-state index is 0.167. The monoisotopic (exact) mass is 301 g/mol. The van der Waals surface area contributed by atoms with Gasteiger partial charge in [-0.3, -0.25) is 4.68 Å². The molecule has 21 heavy (non-hydrogen) atoms. The van der Waals surface area contributed by atoms with Crippen LogP contribution in [0, 0.1) is 0 Å². The van der Waals surface area contributed by atoms with Crippen LogP contribution in [-0.4, -0.2) is 26.8 Å². The van der Waals surface area contributed by atoms with E-state index in [-0.39, 0.29) is 6.04 Å². The fourth-order valence-electron chi connectivity index (χ4n) is 2.38. The first-order valence-corrected chi connectivity index (χ1v) is 7.06. The Bertz CT molecular complexity index is 765. The summed E-state index contributed by atoms with van der Waals surface area (Å²) in [5, 5.41) is 5.94. The Morgan fingerprint density at radius 2 is 1.90 bits per heavy atom.